The molecule has 3 heteroatoms. The van der Waals surface area contributed by atoms with Crippen molar-refractivity contribution in [1.82, 2.24) is 0 Å². The molecule has 3 fully saturated rings. The van der Waals surface area contributed by atoms with E-state index >= 15 is 0 Å². The molecule has 0 aromatic carbocycles. The lowest BCUT2D eigenvalue weighted by Gasteiger charge is -2.58. The number of halogens is 1. The first kappa shape index (κ1) is 15.1. The van der Waals surface area contributed by atoms with Crippen LogP contribution in [-0.4, -0.2) is 22.7 Å². The van der Waals surface area contributed by atoms with Crippen LogP contribution in [0.4, 0.5) is 4.39 Å². The third-order valence-electron chi connectivity index (χ3n) is 8.08. The molecule has 4 rings (SSSR count). The second kappa shape index (κ2) is 4.80. The second-order valence-corrected chi connectivity index (χ2v) is 8.61. The third-order valence-corrected chi connectivity index (χ3v) is 8.08. The van der Waals surface area contributed by atoms with Crippen molar-refractivity contribution in [3.8, 4) is 0 Å². The quantitative estimate of drug-likeness (QED) is 0.720. The summed E-state index contributed by atoms with van der Waals surface area (Å²) in [5.41, 5.74) is 0.889. The number of allylic oxidation sites excluding steroid dienone is 1. The lowest BCUT2D eigenvalue weighted by atomic mass is 9.47. The molecule has 3 saturated carbocycles. The standard InChI is InChI=1S/C19H29FO2/c1-17-10-7-16-14(15(17)8-11-19(17,20)22)6-5-13-4-2-3-9-18(13,16)12-21/h4,14-16,21-22H,2-3,5-12H2,1H3/t14-,15-,16+,17-,18+,19?/m0/s1. The summed E-state index contributed by atoms with van der Waals surface area (Å²) in [6.07, 6.45) is 10.8. The highest BCUT2D eigenvalue weighted by molar-refractivity contribution is 5.25. The number of rotatable bonds is 1. The topological polar surface area (TPSA) is 40.5 Å². The lowest BCUT2D eigenvalue weighted by molar-refractivity contribution is -0.201. The summed E-state index contributed by atoms with van der Waals surface area (Å²) in [5.74, 6) is -0.735. The fraction of sp³-hybridized carbons (Fsp3) is 0.895. The maximum Gasteiger partial charge on any atom is 0.212 e. The first-order valence-electron chi connectivity index (χ1n) is 9.16. The highest BCUT2D eigenvalue weighted by Gasteiger charge is 2.65. The van der Waals surface area contributed by atoms with Crippen LogP contribution in [0.3, 0.4) is 0 Å². The van der Waals surface area contributed by atoms with Gasteiger partial charge in [0.05, 0.1) is 6.61 Å². The Morgan fingerprint density at radius 2 is 1.95 bits per heavy atom. The van der Waals surface area contributed by atoms with Crippen LogP contribution in [0, 0.1) is 28.6 Å². The van der Waals surface area contributed by atoms with Crippen LogP contribution in [0.25, 0.3) is 0 Å². The Bertz CT molecular complexity index is 500. The molecule has 124 valence electrons. The molecule has 0 aliphatic heterocycles. The molecule has 0 aromatic heterocycles. The van der Waals surface area contributed by atoms with Crippen molar-refractivity contribution in [2.45, 2.75) is 70.6 Å². The Morgan fingerprint density at radius 3 is 2.73 bits per heavy atom. The summed E-state index contributed by atoms with van der Waals surface area (Å²) in [6.45, 7) is 2.22. The van der Waals surface area contributed by atoms with Gasteiger partial charge in [-0.25, -0.2) is 4.39 Å². The largest absolute Gasteiger partial charge is 0.395 e. The van der Waals surface area contributed by atoms with Gasteiger partial charge in [-0.05, 0) is 69.1 Å². The third kappa shape index (κ3) is 1.73. The van der Waals surface area contributed by atoms with Gasteiger partial charge in [0, 0.05) is 17.3 Å². The Morgan fingerprint density at radius 1 is 1.18 bits per heavy atom. The molecule has 1 unspecified atom stereocenters. The maximum absolute atomic E-state index is 14.7. The molecule has 0 radical (unpaired) electrons. The summed E-state index contributed by atoms with van der Waals surface area (Å²) in [7, 11) is 0. The van der Waals surface area contributed by atoms with E-state index in [4.69, 9.17) is 0 Å². The van der Waals surface area contributed by atoms with Crippen molar-refractivity contribution in [1.29, 1.82) is 0 Å². The van der Waals surface area contributed by atoms with E-state index in [-0.39, 0.29) is 17.9 Å². The van der Waals surface area contributed by atoms with Crippen LogP contribution in [0.1, 0.15) is 64.7 Å². The van der Waals surface area contributed by atoms with Crippen LogP contribution in [0.5, 0.6) is 0 Å². The number of fused-ring (bicyclic) bond motifs is 5. The number of aliphatic hydroxyl groups is 2. The first-order valence-corrected chi connectivity index (χ1v) is 9.16. The molecular formula is C19H29FO2. The molecule has 0 amide bonds. The normalized spacial score (nSPS) is 54.2. The highest BCUT2D eigenvalue weighted by atomic mass is 19.2. The fourth-order valence-electron chi connectivity index (χ4n) is 6.79. The van der Waals surface area contributed by atoms with E-state index in [0.717, 1.165) is 44.9 Å². The van der Waals surface area contributed by atoms with Crippen LogP contribution >= 0.6 is 0 Å². The van der Waals surface area contributed by atoms with Gasteiger partial charge in [0.2, 0.25) is 5.85 Å². The van der Waals surface area contributed by atoms with Gasteiger partial charge in [0.15, 0.2) is 0 Å². The monoisotopic (exact) mass is 308 g/mol. The second-order valence-electron chi connectivity index (χ2n) is 8.61. The summed E-state index contributed by atoms with van der Waals surface area (Å²) in [4.78, 5) is 0. The van der Waals surface area contributed by atoms with Crippen molar-refractivity contribution in [2.75, 3.05) is 6.61 Å². The molecule has 22 heavy (non-hydrogen) atoms. The predicted molar refractivity (Wildman–Crippen MR) is 83.8 cm³/mol. The van der Waals surface area contributed by atoms with Gasteiger partial charge in [-0.3, -0.25) is 0 Å². The molecule has 0 bridgehead atoms. The minimum atomic E-state index is -1.99. The molecule has 2 N–H and O–H groups in total. The van der Waals surface area contributed by atoms with Gasteiger partial charge in [-0.1, -0.05) is 18.6 Å². The van der Waals surface area contributed by atoms with E-state index in [0.29, 0.717) is 18.3 Å². The van der Waals surface area contributed by atoms with Crippen molar-refractivity contribution >= 4 is 0 Å². The minimum absolute atomic E-state index is 0.0283. The zero-order chi connectivity index (χ0) is 15.6. The minimum Gasteiger partial charge on any atom is -0.395 e. The van der Waals surface area contributed by atoms with E-state index in [1.807, 2.05) is 6.92 Å². The molecule has 2 nitrogen and oxygen atoms in total. The molecule has 0 heterocycles. The first-order chi connectivity index (χ1) is 10.4. The van der Waals surface area contributed by atoms with Gasteiger partial charge in [0.1, 0.15) is 0 Å². The van der Waals surface area contributed by atoms with Gasteiger partial charge in [-0.2, -0.15) is 0 Å². The van der Waals surface area contributed by atoms with E-state index in [1.54, 1.807) is 0 Å². The number of aliphatic hydroxyl groups excluding tert-OH is 1. The van der Waals surface area contributed by atoms with E-state index in [1.165, 1.54) is 12.0 Å². The average molecular weight is 308 g/mol. The molecule has 6 atom stereocenters. The van der Waals surface area contributed by atoms with Crippen molar-refractivity contribution in [3.05, 3.63) is 11.6 Å². The van der Waals surface area contributed by atoms with E-state index in [2.05, 4.69) is 6.08 Å². The maximum atomic E-state index is 14.7. The van der Waals surface area contributed by atoms with Gasteiger partial charge >= 0.3 is 0 Å². The van der Waals surface area contributed by atoms with Crippen LogP contribution < -0.4 is 0 Å². The van der Waals surface area contributed by atoms with Crippen LogP contribution in [0.2, 0.25) is 0 Å². The predicted octanol–water partition coefficient (Wildman–Crippen LogP) is 3.97. The van der Waals surface area contributed by atoms with Crippen molar-refractivity contribution < 1.29 is 14.6 Å². The molecule has 0 saturated heterocycles. The number of alkyl halides is 1. The molecular weight excluding hydrogens is 279 g/mol. The van der Waals surface area contributed by atoms with Crippen molar-refractivity contribution in [3.63, 3.8) is 0 Å². The number of hydrogen-bond acceptors (Lipinski definition) is 2. The number of hydrogen-bond donors (Lipinski definition) is 2. The molecule has 4 aliphatic rings. The Labute approximate surface area is 132 Å². The zero-order valence-corrected chi connectivity index (χ0v) is 13.7. The Balaban J connectivity index is 1.71. The van der Waals surface area contributed by atoms with E-state index < -0.39 is 11.3 Å². The van der Waals surface area contributed by atoms with Gasteiger partial charge in [0.25, 0.3) is 0 Å². The summed E-state index contributed by atoms with van der Waals surface area (Å²) in [5, 5.41) is 20.5. The summed E-state index contributed by atoms with van der Waals surface area (Å²) < 4.78 is 14.7. The zero-order valence-electron chi connectivity index (χ0n) is 13.7. The summed E-state index contributed by atoms with van der Waals surface area (Å²) in [6, 6.07) is 0. The average Bonchev–Trinajstić information content (AvgIpc) is 2.77. The van der Waals surface area contributed by atoms with Crippen molar-refractivity contribution in [2.24, 2.45) is 28.6 Å². The van der Waals surface area contributed by atoms with Crippen LogP contribution in [0.15, 0.2) is 11.6 Å². The molecule has 0 spiro atoms. The molecule has 0 aromatic rings. The van der Waals surface area contributed by atoms with Gasteiger partial charge in [-0.15, -0.1) is 0 Å². The SMILES string of the molecule is C[C@]12CC[C@@H]3[C@@H](CCC4=CCCC[C@@]43CO)[C@@H]1CCC2(O)F. The van der Waals surface area contributed by atoms with E-state index in [9.17, 15) is 14.6 Å². The van der Waals surface area contributed by atoms with Gasteiger partial charge < -0.3 is 10.2 Å². The Hall–Kier alpha value is -0.410. The highest BCUT2D eigenvalue weighted by Crippen LogP contribution is 2.67. The Kier molecular flexibility index (Phi) is 3.30. The smallest absolute Gasteiger partial charge is 0.212 e. The lowest BCUT2D eigenvalue weighted by Crippen LogP contribution is -2.55. The molecule has 4 aliphatic carbocycles. The fourth-order valence-corrected chi connectivity index (χ4v) is 6.79. The summed E-state index contributed by atoms with van der Waals surface area (Å²) >= 11 is 0. The van der Waals surface area contributed by atoms with Crippen LogP contribution in [-0.2, 0) is 0 Å².